The second kappa shape index (κ2) is 9.04. The lowest BCUT2D eigenvalue weighted by molar-refractivity contribution is -0.274. The monoisotopic (exact) mass is 348 g/mol. The molecule has 1 N–H and O–H groups in total. The number of para-hydroxylation sites is 1. The van der Waals surface area contributed by atoms with Crippen LogP contribution in [-0.4, -0.2) is 49.1 Å². The van der Waals surface area contributed by atoms with E-state index in [9.17, 15) is 27.9 Å². The molecule has 0 aliphatic rings. The zero-order valence-electron chi connectivity index (χ0n) is 12.4. The average Bonchev–Trinajstić information content (AvgIpc) is 2.51. The van der Waals surface area contributed by atoms with Crippen molar-refractivity contribution in [2.75, 3.05) is 19.8 Å². The van der Waals surface area contributed by atoms with Crippen molar-refractivity contribution in [1.29, 1.82) is 0 Å². The minimum atomic E-state index is -4.93. The number of rotatable bonds is 9. The van der Waals surface area contributed by atoms with E-state index in [2.05, 4.69) is 16.1 Å². The molecule has 24 heavy (non-hydrogen) atoms. The van der Waals surface area contributed by atoms with Gasteiger partial charge >= 0.3 is 12.3 Å². The number of benzene rings is 1. The third-order valence-electron chi connectivity index (χ3n) is 2.54. The summed E-state index contributed by atoms with van der Waals surface area (Å²) in [5.74, 6) is -2.13. The number of carbonyl (C=O) groups is 2. The van der Waals surface area contributed by atoms with Crippen molar-refractivity contribution in [1.82, 2.24) is 0 Å². The Balaban J connectivity index is 2.51. The molecule has 132 valence electrons. The molecule has 0 aliphatic heterocycles. The van der Waals surface area contributed by atoms with Gasteiger partial charge in [0.2, 0.25) is 0 Å². The van der Waals surface area contributed by atoms with E-state index in [1.807, 2.05) is 0 Å². The smallest absolute Gasteiger partial charge is 0.460 e. The summed E-state index contributed by atoms with van der Waals surface area (Å²) >= 11 is 0. The van der Waals surface area contributed by atoms with Crippen LogP contribution in [-0.2, 0) is 14.3 Å². The Morgan fingerprint density at radius 3 is 2.54 bits per heavy atom. The minimum absolute atomic E-state index is 0.303. The first kappa shape index (κ1) is 19.7. The highest BCUT2D eigenvalue weighted by Gasteiger charge is 2.32. The molecule has 0 aromatic heterocycles. The van der Waals surface area contributed by atoms with Crippen LogP contribution in [0.2, 0.25) is 0 Å². The molecule has 1 unspecified atom stereocenters. The summed E-state index contributed by atoms with van der Waals surface area (Å²) in [6, 6.07) is 4.83. The van der Waals surface area contributed by atoms with Gasteiger partial charge in [0.15, 0.2) is 5.78 Å². The van der Waals surface area contributed by atoms with Crippen LogP contribution in [0, 0.1) is 0 Å². The van der Waals surface area contributed by atoms with Gasteiger partial charge in [0, 0.05) is 6.08 Å². The van der Waals surface area contributed by atoms with Crippen LogP contribution in [0.15, 0.2) is 36.9 Å². The number of aliphatic hydroxyl groups excluding tert-OH is 1. The Morgan fingerprint density at radius 1 is 1.25 bits per heavy atom. The van der Waals surface area contributed by atoms with E-state index in [0.29, 0.717) is 0 Å². The van der Waals surface area contributed by atoms with Crippen LogP contribution in [0.3, 0.4) is 0 Å². The summed E-state index contributed by atoms with van der Waals surface area (Å²) in [5.41, 5.74) is -0.303. The number of halogens is 3. The summed E-state index contributed by atoms with van der Waals surface area (Å²) < 4.78 is 50.1. The lowest BCUT2D eigenvalue weighted by Crippen LogP contribution is -2.25. The number of esters is 1. The Hall–Kier alpha value is -2.39. The quantitative estimate of drug-likeness (QED) is 0.417. The number of hydrogen-bond acceptors (Lipinski definition) is 6. The van der Waals surface area contributed by atoms with E-state index in [0.717, 1.165) is 18.2 Å². The second-order valence-electron chi connectivity index (χ2n) is 4.47. The zero-order chi connectivity index (χ0) is 18.2. The molecule has 9 heteroatoms. The fourth-order valence-electron chi connectivity index (χ4n) is 1.56. The van der Waals surface area contributed by atoms with Crippen LogP contribution in [0.4, 0.5) is 13.2 Å². The van der Waals surface area contributed by atoms with Crippen LogP contribution in [0.5, 0.6) is 5.75 Å². The van der Waals surface area contributed by atoms with E-state index < -0.39 is 36.6 Å². The number of ether oxygens (including phenoxy) is 3. The molecule has 0 saturated heterocycles. The third kappa shape index (κ3) is 7.25. The molecule has 0 amide bonds. The Morgan fingerprint density at radius 2 is 1.92 bits per heavy atom. The van der Waals surface area contributed by atoms with Crippen molar-refractivity contribution < 1.29 is 42.1 Å². The molecule has 0 heterocycles. The fourth-order valence-corrected chi connectivity index (χ4v) is 1.56. The van der Waals surface area contributed by atoms with Crippen molar-refractivity contribution in [3.8, 4) is 5.75 Å². The van der Waals surface area contributed by atoms with Crippen LogP contribution >= 0.6 is 0 Å². The number of hydrogen-bond donors (Lipinski definition) is 1. The minimum Gasteiger partial charge on any atom is -0.460 e. The highest BCUT2D eigenvalue weighted by Crippen LogP contribution is 2.26. The van der Waals surface area contributed by atoms with Gasteiger partial charge in [-0.25, -0.2) is 4.79 Å². The molecule has 6 nitrogen and oxygen atoms in total. The number of alkyl halides is 3. The highest BCUT2D eigenvalue weighted by atomic mass is 19.4. The maximum absolute atomic E-state index is 12.3. The van der Waals surface area contributed by atoms with E-state index >= 15 is 0 Å². The molecule has 1 aromatic rings. The van der Waals surface area contributed by atoms with Crippen molar-refractivity contribution in [3.63, 3.8) is 0 Å². The lowest BCUT2D eigenvalue weighted by atomic mass is 10.1. The molecule has 1 rings (SSSR count). The number of ketones is 1. The zero-order valence-corrected chi connectivity index (χ0v) is 12.4. The summed E-state index contributed by atoms with van der Waals surface area (Å²) in [6.45, 7) is 1.87. The number of aliphatic hydroxyl groups is 1. The molecule has 0 bridgehead atoms. The van der Waals surface area contributed by atoms with Gasteiger partial charge in [-0.15, -0.1) is 13.2 Å². The van der Waals surface area contributed by atoms with E-state index in [1.165, 1.54) is 12.1 Å². The van der Waals surface area contributed by atoms with Crippen molar-refractivity contribution in [2.24, 2.45) is 0 Å². The lowest BCUT2D eigenvalue weighted by Gasteiger charge is -2.13. The number of carbonyl (C=O) groups excluding carboxylic acids is 2. The average molecular weight is 348 g/mol. The summed E-state index contributed by atoms with van der Waals surface area (Å²) in [4.78, 5) is 22.7. The SMILES string of the molecule is C=CC(=O)OCC(O)COCC(=O)c1ccccc1OC(F)(F)F. The highest BCUT2D eigenvalue weighted by molar-refractivity contribution is 5.99. The molecular formula is C15H15F3O6. The molecule has 1 aromatic carbocycles. The summed E-state index contributed by atoms with van der Waals surface area (Å²) in [7, 11) is 0. The standard InChI is InChI=1S/C15H15F3O6/c1-2-14(21)23-8-10(19)7-22-9-12(20)11-5-3-4-6-13(11)24-15(16,17)18/h2-6,10,19H,1,7-9H2. The molecule has 0 saturated carbocycles. The first-order valence-electron chi connectivity index (χ1n) is 6.66. The van der Waals surface area contributed by atoms with Gasteiger partial charge in [0.05, 0.1) is 12.2 Å². The fraction of sp³-hybridized carbons (Fsp3) is 0.333. The van der Waals surface area contributed by atoms with Gasteiger partial charge in [-0.1, -0.05) is 18.7 Å². The topological polar surface area (TPSA) is 82.1 Å². The van der Waals surface area contributed by atoms with Crippen LogP contribution in [0.25, 0.3) is 0 Å². The Kier molecular flexibility index (Phi) is 7.40. The van der Waals surface area contributed by atoms with Gasteiger partial charge in [-0.2, -0.15) is 0 Å². The molecule has 0 aliphatic carbocycles. The Labute approximate surface area is 135 Å². The predicted octanol–water partition coefficient (Wildman–Crippen LogP) is 1.87. The van der Waals surface area contributed by atoms with Gasteiger partial charge in [0.1, 0.15) is 25.1 Å². The van der Waals surface area contributed by atoms with E-state index in [4.69, 9.17) is 4.74 Å². The van der Waals surface area contributed by atoms with Crippen molar-refractivity contribution in [2.45, 2.75) is 12.5 Å². The molecule has 1 atom stereocenters. The van der Waals surface area contributed by atoms with E-state index in [1.54, 1.807) is 0 Å². The summed E-state index contributed by atoms with van der Waals surface area (Å²) in [6.07, 6.45) is -5.21. The number of Topliss-reactive ketones (excluding diaryl/α,β-unsaturated/α-hetero) is 1. The molecular weight excluding hydrogens is 333 g/mol. The molecule has 0 spiro atoms. The van der Waals surface area contributed by atoms with Crippen LogP contribution < -0.4 is 4.74 Å². The van der Waals surface area contributed by atoms with Gasteiger partial charge in [-0.3, -0.25) is 4.79 Å². The normalized spacial score (nSPS) is 12.3. The Bertz CT molecular complexity index is 585. The third-order valence-corrected chi connectivity index (χ3v) is 2.54. The van der Waals surface area contributed by atoms with Crippen molar-refractivity contribution >= 4 is 11.8 Å². The van der Waals surface area contributed by atoms with Crippen molar-refractivity contribution in [3.05, 3.63) is 42.5 Å². The first-order chi connectivity index (χ1) is 11.2. The predicted molar refractivity (Wildman–Crippen MR) is 75.4 cm³/mol. The molecule has 0 radical (unpaired) electrons. The van der Waals surface area contributed by atoms with Gasteiger partial charge in [-0.05, 0) is 12.1 Å². The van der Waals surface area contributed by atoms with Gasteiger partial charge < -0.3 is 19.3 Å². The molecule has 0 fully saturated rings. The maximum atomic E-state index is 12.3. The summed E-state index contributed by atoms with van der Waals surface area (Å²) in [5, 5.41) is 9.46. The largest absolute Gasteiger partial charge is 0.573 e. The van der Waals surface area contributed by atoms with Crippen LogP contribution in [0.1, 0.15) is 10.4 Å². The maximum Gasteiger partial charge on any atom is 0.573 e. The first-order valence-corrected chi connectivity index (χ1v) is 6.66. The van der Waals surface area contributed by atoms with E-state index in [-0.39, 0.29) is 18.8 Å². The van der Waals surface area contributed by atoms with Gasteiger partial charge in [0.25, 0.3) is 0 Å². The second-order valence-corrected chi connectivity index (χ2v) is 4.47.